The zero-order chi connectivity index (χ0) is 9.11. The lowest BCUT2D eigenvalue weighted by atomic mass is 10.3. The Balaban J connectivity index is 0. The predicted molar refractivity (Wildman–Crippen MR) is 54.0 cm³/mol. The van der Waals surface area contributed by atoms with Gasteiger partial charge in [-0.1, -0.05) is 20.8 Å². The zero-order valence-corrected chi connectivity index (χ0v) is 8.33. The molecule has 0 radical (unpaired) electrons. The van der Waals surface area contributed by atoms with E-state index < -0.39 is 0 Å². The van der Waals surface area contributed by atoms with Crippen molar-refractivity contribution in [3.8, 4) is 0 Å². The Hall–Kier alpha value is -0.660. The lowest BCUT2D eigenvalue weighted by Gasteiger charge is -1.79. The molecule has 0 spiro atoms. The Bertz CT molecular complexity index is 91.4. The molecule has 0 unspecified atom stereocenters. The van der Waals surface area contributed by atoms with E-state index in [0.29, 0.717) is 0 Å². The summed E-state index contributed by atoms with van der Waals surface area (Å²) in [5, 5.41) is 0. The topological polar surface area (TPSA) is 24.7 Å². The fourth-order valence-electron chi connectivity index (χ4n) is 0.258. The van der Waals surface area contributed by atoms with Crippen molar-refractivity contribution in [2.75, 3.05) is 14.1 Å². The van der Waals surface area contributed by atoms with Gasteiger partial charge in [-0.2, -0.15) is 0 Å². The largest absolute Gasteiger partial charge is 0.300 e. The summed E-state index contributed by atoms with van der Waals surface area (Å²) < 4.78 is 0. The molecule has 0 aromatic rings. The summed E-state index contributed by atoms with van der Waals surface area (Å²) in [7, 11) is 3.51. The smallest absolute Gasteiger partial charge is 0.0273 e. The van der Waals surface area contributed by atoms with E-state index in [2.05, 4.69) is 30.8 Å². The summed E-state index contributed by atoms with van der Waals surface area (Å²) in [5.41, 5.74) is 0. The van der Waals surface area contributed by atoms with E-state index in [9.17, 15) is 0 Å². The SMILES string of the molecule is CC(C)C.CN=CCC=NC. The molecule has 0 N–H and O–H groups in total. The maximum Gasteiger partial charge on any atom is 0.0273 e. The van der Waals surface area contributed by atoms with Gasteiger partial charge in [0.05, 0.1) is 0 Å². The molecule has 0 bridgehead atoms. The summed E-state index contributed by atoms with van der Waals surface area (Å²) in [6.45, 7) is 6.50. The lowest BCUT2D eigenvalue weighted by molar-refractivity contribution is 0.737. The molecule has 0 aliphatic heterocycles. The Labute approximate surface area is 70.5 Å². The van der Waals surface area contributed by atoms with E-state index >= 15 is 0 Å². The van der Waals surface area contributed by atoms with E-state index in [0.717, 1.165) is 12.3 Å². The summed E-state index contributed by atoms with van der Waals surface area (Å²) in [6.07, 6.45) is 4.48. The Morgan fingerprint density at radius 2 is 1.27 bits per heavy atom. The van der Waals surface area contributed by atoms with E-state index in [1.165, 1.54) is 0 Å². The van der Waals surface area contributed by atoms with E-state index in [4.69, 9.17) is 0 Å². The molecule has 2 heteroatoms. The zero-order valence-electron chi connectivity index (χ0n) is 8.33. The molecule has 66 valence electrons. The van der Waals surface area contributed by atoms with Crippen LogP contribution in [0.15, 0.2) is 9.98 Å². The first-order valence-electron chi connectivity index (χ1n) is 3.96. The third-order valence-electron chi connectivity index (χ3n) is 0.576. The van der Waals surface area contributed by atoms with Crippen LogP contribution in [0.25, 0.3) is 0 Å². The third-order valence-corrected chi connectivity index (χ3v) is 0.576. The van der Waals surface area contributed by atoms with Gasteiger partial charge in [-0.15, -0.1) is 0 Å². The molecule has 0 rings (SSSR count). The number of nitrogens with zero attached hydrogens (tertiary/aromatic N) is 2. The average molecular weight is 156 g/mol. The Morgan fingerprint density at radius 1 is 1.00 bits per heavy atom. The average Bonchev–Trinajstić information content (AvgIpc) is 1.88. The number of hydrogen-bond acceptors (Lipinski definition) is 2. The van der Waals surface area contributed by atoms with Crippen molar-refractivity contribution in [3.63, 3.8) is 0 Å². The van der Waals surface area contributed by atoms with Gasteiger partial charge in [0.15, 0.2) is 0 Å². The summed E-state index contributed by atoms with van der Waals surface area (Å²) in [6, 6.07) is 0. The van der Waals surface area contributed by atoms with E-state index in [1.807, 2.05) is 12.4 Å². The van der Waals surface area contributed by atoms with E-state index in [-0.39, 0.29) is 0 Å². The van der Waals surface area contributed by atoms with Crippen LogP contribution in [-0.2, 0) is 0 Å². The van der Waals surface area contributed by atoms with Gasteiger partial charge in [-0.05, 0) is 5.92 Å². The molecule has 0 aromatic carbocycles. The maximum atomic E-state index is 3.76. The maximum absolute atomic E-state index is 3.76. The summed E-state index contributed by atoms with van der Waals surface area (Å²) in [5.74, 6) is 0.833. The van der Waals surface area contributed by atoms with Crippen molar-refractivity contribution in [1.82, 2.24) is 0 Å². The first-order valence-corrected chi connectivity index (χ1v) is 3.96. The van der Waals surface area contributed by atoms with Crippen LogP contribution in [0.4, 0.5) is 0 Å². The van der Waals surface area contributed by atoms with Gasteiger partial charge in [0.1, 0.15) is 0 Å². The minimum Gasteiger partial charge on any atom is -0.300 e. The highest BCUT2D eigenvalue weighted by Gasteiger charge is 1.68. The van der Waals surface area contributed by atoms with Crippen molar-refractivity contribution in [2.45, 2.75) is 27.2 Å². The van der Waals surface area contributed by atoms with Gasteiger partial charge in [0, 0.05) is 32.9 Å². The first-order chi connectivity index (χ1) is 5.15. The second kappa shape index (κ2) is 12.1. The monoisotopic (exact) mass is 156 g/mol. The van der Waals surface area contributed by atoms with Crippen LogP contribution in [0.3, 0.4) is 0 Å². The van der Waals surface area contributed by atoms with Gasteiger partial charge in [-0.3, -0.25) is 0 Å². The van der Waals surface area contributed by atoms with Crippen LogP contribution >= 0.6 is 0 Å². The van der Waals surface area contributed by atoms with Crippen LogP contribution < -0.4 is 0 Å². The van der Waals surface area contributed by atoms with Crippen molar-refractivity contribution in [1.29, 1.82) is 0 Å². The normalized spacial score (nSPS) is 10.7. The standard InChI is InChI=1S/C5H10N2.C4H10/c1-6-4-3-5-7-2;1-4(2)3/h4-5H,3H2,1-2H3;4H,1-3H3. The molecule has 0 atom stereocenters. The van der Waals surface area contributed by atoms with Crippen molar-refractivity contribution in [3.05, 3.63) is 0 Å². The highest BCUT2D eigenvalue weighted by molar-refractivity contribution is 5.78. The van der Waals surface area contributed by atoms with Crippen molar-refractivity contribution >= 4 is 12.4 Å². The van der Waals surface area contributed by atoms with Crippen LogP contribution in [0, 0.1) is 5.92 Å². The number of hydrogen-bond donors (Lipinski definition) is 0. The first kappa shape index (κ1) is 13.0. The van der Waals surface area contributed by atoms with Gasteiger partial charge in [0.25, 0.3) is 0 Å². The van der Waals surface area contributed by atoms with Crippen molar-refractivity contribution < 1.29 is 0 Å². The van der Waals surface area contributed by atoms with Gasteiger partial charge < -0.3 is 9.98 Å². The molecular weight excluding hydrogens is 136 g/mol. The van der Waals surface area contributed by atoms with Gasteiger partial charge in [-0.25, -0.2) is 0 Å². The highest BCUT2D eigenvalue weighted by Crippen LogP contribution is 1.81. The van der Waals surface area contributed by atoms with Crippen LogP contribution in [-0.4, -0.2) is 26.5 Å². The number of aliphatic imine (C=N–C) groups is 2. The fraction of sp³-hybridized carbons (Fsp3) is 0.778. The Kier molecular flexibility index (Phi) is 14.2. The second-order valence-corrected chi connectivity index (χ2v) is 2.85. The minimum absolute atomic E-state index is 0.833. The lowest BCUT2D eigenvalue weighted by Crippen LogP contribution is -1.74. The quantitative estimate of drug-likeness (QED) is 0.549. The molecule has 11 heavy (non-hydrogen) atoms. The molecule has 0 amide bonds. The Morgan fingerprint density at radius 3 is 1.45 bits per heavy atom. The van der Waals surface area contributed by atoms with Crippen LogP contribution in [0.2, 0.25) is 0 Å². The molecule has 0 saturated heterocycles. The molecular formula is C9H20N2. The second-order valence-electron chi connectivity index (χ2n) is 2.85. The fourth-order valence-corrected chi connectivity index (χ4v) is 0.258. The third kappa shape index (κ3) is 45.1. The summed E-state index contributed by atoms with van der Waals surface area (Å²) >= 11 is 0. The summed E-state index contributed by atoms with van der Waals surface area (Å²) in [4.78, 5) is 7.51. The molecule has 0 heterocycles. The molecule has 0 fully saturated rings. The van der Waals surface area contributed by atoms with E-state index in [1.54, 1.807) is 14.1 Å². The van der Waals surface area contributed by atoms with Gasteiger partial charge >= 0.3 is 0 Å². The minimum atomic E-state index is 0.833. The molecule has 0 aromatic heterocycles. The van der Waals surface area contributed by atoms with Crippen molar-refractivity contribution in [2.24, 2.45) is 15.9 Å². The number of rotatable bonds is 2. The molecule has 0 aliphatic carbocycles. The molecule has 0 aliphatic rings. The predicted octanol–water partition coefficient (Wildman–Crippen LogP) is 2.44. The van der Waals surface area contributed by atoms with Gasteiger partial charge in [0.2, 0.25) is 0 Å². The molecule has 2 nitrogen and oxygen atoms in total. The highest BCUT2D eigenvalue weighted by atomic mass is 14.7. The van der Waals surface area contributed by atoms with Crippen LogP contribution in [0.5, 0.6) is 0 Å². The van der Waals surface area contributed by atoms with Crippen LogP contribution in [0.1, 0.15) is 27.2 Å². The molecule has 0 saturated carbocycles.